The van der Waals surface area contributed by atoms with Gasteiger partial charge in [-0.25, -0.2) is 4.39 Å². The van der Waals surface area contributed by atoms with E-state index in [-0.39, 0.29) is 24.2 Å². The van der Waals surface area contributed by atoms with Crippen LogP contribution in [0.1, 0.15) is 24.6 Å². The molecule has 112 valence electrons. The van der Waals surface area contributed by atoms with Gasteiger partial charge in [-0.05, 0) is 58.6 Å². The molecule has 0 fully saturated rings. The second-order valence-electron chi connectivity index (χ2n) is 4.89. The van der Waals surface area contributed by atoms with Crippen LogP contribution in [0.2, 0.25) is 0 Å². The van der Waals surface area contributed by atoms with Gasteiger partial charge < -0.3 is 10.5 Å². The number of aromatic nitrogens is 1. The molecule has 0 spiro atoms. The van der Waals surface area contributed by atoms with Gasteiger partial charge in [0.05, 0.1) is 5.69 Å². The number of rotatable bonds is 6. The number of pyridine rings is 1. The second-order valence-corrected chi connectivity index (χ2v) is 5.81. The molecule has 2 rings (SSSR count). The topological polar surface area (TPSA) is 48.1 Å². The third-order valence-electron chi connectivity index (χ3n) is 3.18. The second kappa shape index (κ2) is 7.52. The standard InChI is InChI=1S/C16H18BrFN2O/c1-2-13(19)7-11-3-6-16(15(18)8-11)21-10-14-5-4-12(17)9-20-14/h3-6,8-9,13H,2,7,10,19H2,1H3. The van der Waals surface area contributed by atoms with Gasteiger partial charge in [0.1, 0.15) is 6.61 Å². The van der Waals surface area contributed by atoms with Gasteiger partial charge >= 0.3 is 0 Å². The van der Waals surface area contributed by atoms with Crippen molar-refractivity contribution >= 4 is 15.9 Å². The molecular formula is C16H18BrFN2O. The highest BCUT2D eigenvalue weighted by molar-refractivity contribution is 9.10. The Morgan fingerprint density at radius 1 is 1.33 bits per heavy atom. The van der Waals surface area contributed by atoms with E-state index in [2.05, 4.69) is 20.9 Å². The van der Waals surface area contributed by atoms with E-state index in [1.807, 2.05) is 25.1 Å². The molecule has 1 aromatic carbocycles. The fourth-order valence-corrected chi connectivity index (χ4v) is 2.11. The van der Waals surface area contributed by atoms with Crippen LogP contribution in [0.3, 0.4) is 0 Å². The normalized spacial score (nSPS) is 12.2. The molecule has 21 heavy (non-hydrogen) atoms. The van der Waals surface area contributed by atoms with E-state index in [1.165, 1.54) is 6.07 Å². The maximum Gasteiger partial charge on any atom is 0.165 e. The van der Waals surface area contributed by atoms with Gasteiger partial charge in [-0.2, -0.15) is 0 Å². The average Bonchev–Trinajstić information content (AvgIpc) is 2.48. The van der Waals surface area contributed by atoms with E-state index in [0.717, 1.165) is 22.2 Å². The highest BCUT2D eigenvalue weighted by atomic mass is 79.9. The summed E-state index contributed by atoms with van der Waals surface area (Å²) in [6, 6.07) is 8.74. The van der Waals surface area contributed by atoms with Crippen LogP contribution in [0.5, 0.6) is 5.75 Å². The maximum absolute atomic E-state index is 14.0. The summed E-state index contributed by atoms with van der Waals surface area (Å²) < 4.78 is 20.3. The van der Waals surface area contributed by atoms with Gasteiger partial charge in [0.15, 0.2) is 11.6 Å². The molecule has 3 nitrogen and oxygen atoms in total. The molecule has 0 saturated heterocycles. The van der Waals surface area contributed by atoms with Crippen molar-refractivity contribution in [2.24, 2.45) is 5.73 Å². The fraction of sp³-hybridized carbons (Fsp3) is 0.312. The summed E-state index contributed by atoms with van der Waals surface area (Å²) in [4.78, 5) is 4.18. The van der Waals surface area contributed by atoms with E-state index in [9.17, 15) is 4.39 Å². The third-order valence-corrected chi connectivity index (χ3v) is 3.65. The Labute approximate surface area is 132 Å². The molecule has 2 N–H and O–H groups in total. The number of benzene rings is 1. The molecule has 1 unspecified atom stereocenters. The average molecular weight is 353 g/mol. The molecule has 0 bridgehead atoms. The predicted octanol–water partition coefficient (Wildman–Crippen LogP) is 3.84. The lowest BCUT2D eigenvalue weighted by Gasteiger charge is -2.11. The number of hydrogen-bond acceptors (Lipinski definition) is 3. The van der Waals surface area contributed by atoms with Crippen molar-refractivity contribution in [2.75, 3.05) is 0 Å². The Kier molecular flexibility index (Phi) is 5.70. The van der Waals surface area contributed by atoms with Crippen molar-refractivity contribution < 1.29 is 9.13 Å². The van der Waals surface area contributed by atoms with Gasteiger partial charge in [0, 0.05) is 16.7 Å². The smallest absolute Gasteiger partial charge is 0.165 e. The van der Waals surface area contributed by atoms with Gasteiger partial charge in [-0.1, -0.05) is 13.0 Å². The number of ether oxygens (including phenoxy) is 1. The van der Waals surface area contributed by atoms with Gasteiger partial charge in [-0.15, -0.1) is 0 Å². The Bertz CT molecular complexity index is 589. The Morgan fingerprint density at radius 2 is 2.14 bits per heavy atom. The van der Waals surface area contributed by atoms with Gasteiger partial charge in [0.25, 0.3) is 0 Å². The van der Waals surface area contributed by atoms with Crippen molar-refractivity contribution in [3.05, 3.63) is 58.1 Å². The summed E-state index contributed by atoms with van der Waals surface area (Å²) in [5.74, 6) is -0.138. The van der Waals surface area contributed by atoms with E-state index >= 15 is 0 Å². The highest BCUT2D eigenvalue weighted by Crippen LogP contribution is 2.20. The zero-order valence-corrected chi connectivity index (χ0v) is 13.4. The summed E-state index contributed by atoms with van der Waals surface area (Å²) in [5.41, 5.74) is 7.50. The van der Waals surface area contributed by atoms with Crippen LogP contribution in [-0.2, 0) is 13.0 Å². The van der Waals surface area contributed by atoms with E-state index in [0.29, 0.717) is 6.42 Å². The van der Waals surface area contributed by atoms with Crippen LogP contribution in [0.15, 0.2) is 41.0 Å². The lowest BCUT2D eigenvalue weighted by atomic mass is 10.0. The van der Waals surface area contributed by atoms with Crippen LogP contribution >= 0.6 is 15.9 Å². The predicted molar refractivity (Wildman–Crippen MR) is 84.6 cm³/mol. The summed E-state index contributed by atoms with van der Waals surface area (Å²) in [6.07, 6.45) is 3.22. The zero-order valence-electron chi connectivity index (χ0n) is 11.9. The third kappa shape index (κ3) is 4.79. The van der Waals surface area contributed by atoms with E-state index in [4.69, 9.17) is 10.5 Å². The van der Waals surface area contributed by atoms with Gasteiger partial charge in [0.2, 0.25) is 0 Å². The highest BCUT2D eigenvalue weighted by Gasteiger charge is 2.08. The number of hydrogen-bond donors (Lipinski definition) is 1. The molecule has 0 aliphatic rings. The number of nitrogens with zero attached hydrogens (tertiary/aromatic N) is 1. The van der Waals surface area contributed by atoms with Crippen molar-refractivity contribution in [1.29, 1.82) is 0 Å². The van der Waals surface area contributed by atoms with Crippen molar-refractivity contribution in [2.45, 2.75) is 32.4 Å². The maximum atomic E-state index is 14.0. The minimum absolute atomic E-state index is 0.0585. The first-order valence-corrected chi connectivity index (χ1v) is 7.65. The van der Waals surface area contributed by atoms with Crippen molar-refractivity contribution in [3.8, 4) is 5.75 Å². The SMILES string of the molecule is CCC(N)Cc1ccc(OCc2ccc(Br)cn2)c(F)c1. The van der Waals surface area contributed by atoms with Crippen LogP contribution in [0.25, 0.3) is 0 Å². The first-order chi connectivity index (χ1) is 10.1. The molecule has 1 atom stereocenters. The quantitative estimate of drug-likeness (QED) is 0.858. The van der Waals surface area contributed by atoms with Crippen LogP contribution < -0.4 is 10.5 Å². The molecular weight excluding hydrogens is 335 g/mol. The summed E-state index contributed by atoms with van der Waals surface area (Å²) in [7, 11) is 0. The zero-order chi connectivity index (χ0) is 15.2. The molecule has 5 heteroatoms. The van der Waals surface area contributed by atoms with E-state index < -0.39 is 0 Å². The molecule has 0 amide bonds. The van der Waals surface area contributed by atoms with E-state index in [1.54, 1.807) is 12.3 Å². The number of nitrogens with two attached hydrogens (primary N) is 1. The molecule has 1 aromatic heterocycles. The molecule has 0 saturated carbocycles. The van der Waals surface area contributed by atoms with Crippen LogP contribution in [0.4, 0.5) is 4.39 Å². The monoisotopic (exact) mass is 352 g/mol. The Balaban J connectivity index is 1.99. The Hall–Kier alpha value is -1.46. The molecule has 2 aromatic rings. The molecule has 0 aliphatic heterocycles. The van der Waals surface area contributed by atoms with Gasteiger partial charge in [-0.3, -0.25) is 4.98 Å². The lowest BCUT2D eigenvalue weighted by Crippen LogP contribution is -2.21. The fourth-order valence-electron chi connectivity index (χ4n) is 1.88. The first-order valence-electron chi connectivity index (χ1n) is 6.85. The number of halogens is 2. The minimum Gasteiger partial charge on any atom is -0.484 e. The van der Waals surface area contributed by atoms with Crippen LogP contribution in [0, 0.1) is 5.82 Å². The molecule has 0 radical (unpaired) electrons. The lowest BCUT2D eigenvalue weighted by molar-refractivity contribution is 0.285. The summed E-state index contributed by atoms with van der Waals surface area (Å²) >= 11 is 3.31. The Morgan fingerprint density at radius 3 is 2.76 bits per heavy atom. The summed E-state index contributed by atoms with van der Waals surface area (Å²) in [5, 5.41) is 0. The van der Waals surface area contributed by atoms with Crippen molar-refractivity contribution in [1.82, 2.24) is 4.98 Å². The minimum atomic E-state index is -0.368. The van der Waals surface area contributed by atoms with Crippen LogP contribution in [-0.4, -0.2) is 11.0 Å². The first kappa shape index (κ1) is 15.9. The largest absolute Gasteiger partial charge is 0.484 e. The molecule has 1 heterocycles. The summed E-state index contributed by atoms with van der Waals surface area (Å²) in [6.45, 7) is 2.25. The van der Waals surface area contributed by atoms with Crippen molar-refractivity contribution in [3.63, 3.8) is 0 Å². The molecule has 0 aliphatic carbocycles.